The molecule has 1 heterocycles. The van der Waals surface area contributed by atoms with Crippen LogP contribution in [0.15, 0.2) is 47.3 Å². The average molecular weight is 329 g/mol. The highest BCUT2D eigenvalue weighted by atomic mass is 35.5. The van der Waals surface area contributed by atoms with Crippen LogP contribution >= 0.6 is 11.6 Å². The van der Waals surface area contributed by atoms with Crippen LogP contribution in [-0.4, -0.2) is 21.8 Å². The molecule has 0 amide bonds. The minimum Gasteiger partial charge on any atom is -0.316 e. The summed E-state index contributed by atoms with van der Waals surface area (Å²) in [5.74, 6) is 0.457. The van der Waals surface area contributed by atoms with Crippen molar-refractivity contribution in [3.8, 4) is 17.1 Å². The van der Waals surface area contributed by atoms with Crippen molar-refractivity contribution >= 4 is 11.6 Å². The van der Waals surface area contributed by atoms with Crippen molar-refractivity contribution in [1.82, 2.24) is 20.1 Å². The molecule has 0 atom stereocenters. The Labute approximate surface area is 138 Å². The number of hydrogen-bond acceptors (Lipinski definition) is 3. The molecule has 0 radical (unpaired) electrons. The van der Waals surface area contributed by atoms with Gasteiger partial charge in [0.1, 0.15) is 0 Å². The zero-order valence-electron chi connectivity index (χ0n) is 12.9. The molecule has 23 heavy (non-hydrogen) atoms. The van der Waals surface area contributed by atoms with E-state index < -0.39 is 0 Å². The molecule has 6 heteroatoms. The van der Waals surface area contributed by atoms with E-state index in [0.29, 0.717) is 28.6 Å². The highest BCUT2D eigenvalue weighted by Crippen LogP contribution is 2.26. The van der Waals surface area contributed by atoms with Gasteiger partial charge in [-0.05, 0) is 43.8 Å². The third kappa shape index (κ3) is 3.21. The summed E-state index contributed by atoms with van der Waals surface area (Å²) < 4.78 is 1.34. The van der Waals surface area contributed by atoms with Gasteiger partial charge in [0, 0.05) is 12.1 Å². The Morgan fingerprint density at radius 3 is 2.65 bits per heavy atom. The molecule has 118 valence electrons. The molecule has 0 aliphatic rings. The third-order valence-corrected chi connectivity index (χ3v) is 3.89. The summed E-state index contributed by atoms with van der Waals surface area (Å²) >= 11 is 6.27. The first kappa shape index (κ1) is 15.5. The first-order chi connectivity index (χ1) is 11.1. The fourth-order valence-electron chi connectivity index (χ4n) is 2.37. The number of aromatic amines is 1. The van der Waals surface area contributed by atoms with Gasteiger partial charge in [0.15, 0.2) is 5.82 Å². The smallest absolute Gasteiger partial charge is 0.316 e. The molecule has 3 aromatic rings. The second kappa shape index (κ2) is 6.40. The fraction of sp³-hybridized carbons (Fsp3) is 0.176. The van der Waals surface area contributed by atoms with E-state index in [2.05, 4.69) is 15.4 Å². The zero-order chi connectivity index (χ0) is 16.4. The first-order valence-electron chi connectivity index (χ1n) is 7.28. The van der Waals surface area contributed by atoms with E-state index in [0.717, 1.165) is 11.1 Å². The van der Waals surface area contributed by atoms with Crippen molar-refractivity contribution in [3.05, 3.63) is 69.1 Å². The van der Waals surface area contributed by atoms with Crippen LogP contribution in [0.2, 0.25) is 5.02 Å². The molecule has 0 saturated carbocycles. The topological polar surface area (TPSA) is 62.7 Å². The van der Waals surface area contributed by atoms with Gasteiger partial charge < -0.3 is 5.32 Å². The minimum absolute atomic E-state index is 0.293. The van der Waals surface area contributed by atoms with Crippen molar-refractivity contribution in [1.29, 1.82) is 0 Å². The van der Waals surface area contributed by atoms with Gasteiger partial charge in [-0.3, -0.25) is 4.98 Å². The second-order valence-electron chi connectivity index (χ2n) is 5.37. The van der Waals surface area contributed by atoms with Crippen molar-refractivity contribution < 1.29 is 0 Å². The van der Waals surface area contributed by atoms with Gasteiger partial charge >= 0.3 is 5.69 Å². The largest absolute Gasteiger partial charge is 0.348 e. The SMILES string of the molecule is CNCc1ccc(Cl)c(-c2nn(-c3ccc(C)cc3)c(=O)[nH]2)c1. The number of aryl methyl sites for hydroxylation is 1. The Hall–Kier alpha value is -2.37. The molecule has 3 rings (SSSR count). The highest BCUT2D eigenvalue weighted by Gasteiger charge is 2.12. The van der Waals surface area contributed by atoms with E-state index in [1.54, 1.807) is 0 Å². The Morgan fingerprint density at radius 1 is 1.22 bits per heavy atom. The van der Waals surface area contributed by atoms with E-state index in [4.69, 9.17) is 11.6 Å². The van der Waals surface area contributed by atoms with E-state index >= 15 is 0 Å². The van der Waals surface area contributed by atoms with Gasteiger partial charge in [-0.25, -0.2) is 4.79 Å². The molecule has 0 unspecified atom stereocenters. The Kier molecular flexibility index (Phi) is 4.32. The minimum atomic E-state index is -0.293. The van der Waals surface area contributed by atoms with Crippen molar-refractivity contribution in [2.45, 2.75) is 13.5 Å². The van der Waals surface area contributed by atoms with Crippen molar-refractivity contribution in [2.24, 2.45) is 0 Å². The molecule has 0 bridgehead atoms. The quantitative estimate of drug-likeness (QED) is 0.774. The molecule has 0 fully saturated rings. The average Bonchev–Trinajstić information content (AvgIpc) is 2.92. The number of H-pyrrole nitrogens is 1. The van der Waals surface area contributed by atoms with Crippen LogP contribution in [-0.2, 0) is 6.54 Å². The molecule has 5 nitrogen and oxygen atoms in total. The zero-order valence-corrected chi connectivity index (χ0v) is 13.7. The van der Waals surface area contributed by atoms with Crippen LogP contribution in [0, 0.1) is 6.92 Å². The van der Waals surface area contributed by atoms with Crippen LogP contribution in [0.3, 0.4) is 0 Å². The summed E-state index contributed by atoms with van der Waals surface area (Å²) in [5.41, 5.74) is 3.32. The maximum Gasteiger partial charge on any atom is 0.348 e. The number of hydrogen-bond donors (Lipinski definition) is 2. The van der Waals surface area contributed by atoms with E-state index in [9.17, 15) is 4.79 Å². The van der Waals surface area contributed by atoms with E-state index in [-0.39, 0.29) is 5.69 Å². The summed E-state index contributed by atoms with van der Waals surface area (Å²) in [5, 5.41) is 8.03. The third-order valence-electron chi connectivity index (χ3n) is 3.56. The normalized spacial score (nSPS) is 10.9. The number of nitrogens with one attached hydrogen (secondary N) is 2. The maximum absolute atomic E-state index is 12.2. The monoisotopic (exact) mass is 328 g/mol. The first-order valence-corrected chi connectivity index (χ1v) is 7.66. The van der Waals surface area contributed by atoms with Gasteiger partial charge in [0.2, 0.25) is 0 Å². The highest BCUT2D eigenvalue weighted by molar-refractivity contribution is 6.33. The Bertz CT molecular complexity index is 880. The number of halogens is 1. The van der Waals surface area contributed by atoms with Crippen LogP contribution < -0.4 is 11.0 Å². The summed E-state index contributed by atoms with van der Waals surface area (Å²) in [7, 11) is 1.88. The van der Waals surface area contributed by atoms with Gasteiger partial charge in [0.05, 0.1) is 10.7 Å². The lowest BCUT2D eigenvalue weighted by Gasteiger charge is -2.05. The number of nitrogens with zero attached hydrogens (tertiary/aromatic N) is 2. The molecule has 1 aromatic heterocycles. The van der Waals surface area contributed by atoms with Crippen LogP contribution in [0.4, 0.5) is 0 Å². The number of benzene rings is 2. The predicted octanol–water partition coefficient (Wildman–Crippen LogP) is 2.91. The lowest BCUT2D eigenvalue weighted by Crippen LogP contribution is -2.15. The molecular weight excluding hydrogens is 312 g/mol. The van der Waals surface area contributed by atoms with Crippen LogP contribution in [0.5, 0.6) is 0 Å². The molecule has 0 saturated heterocycles. The van der Waals surface area contributed by atoms with Gasteiger partial charge in [0.25, 0.3) is 0 Å². The standard InChI is InChI=1S/C17H17ClN4O/c1-11-3-6-13(7-4-11)22-17(23)20-16(21-22)14-9-12(10-19-2)5-8-15(14)18/h3-9,19H,10H2,1-2H3,(H,20,21,23). The number of rotatable bonds is 4. The lowest BCUT2D eigenvalue weighted by molar-refractivity contribution is 0.817. The summed E-state index contributed by atoms with van der Waals surface area (Å²) in [6.07, 6.45) is 0. The van der Waals surface area contributed by atoms with Gasteiger partial charge in [-0.2, -0.15) is 4.68 Å². The molecular formula is C17H17ClN4O. The van der Waals surface area contributed by atoms with E-state index in [1.165, 1.54) is 4.68 Å². The summed E-state index contributed by atoms with van der Waals surface area (Å²) in [6.45, 7) is 2.71. The van der Waals surface area contributed by atoms with Crippen molar-refractivity contribution in [3.63, 3.8) is 0 Å². The second-order valence-corrected chi connectivity index (χ2v) is 5.78. The molecule has 0 aliphatic heterocycles. The molecule has 2 aromatic carbocycles. The van der Waals surface area contributed by atoms with Gasteiger partial charge in [-0.15, -0.1) is 5.10 Å². The predicted molar refractivity (Wildman–Crippen MR) is 92.1 cm³/mol. The number of aromatic nitrogens is 3. The van der Waals surface area contributed by atoms with Crippen LogP contribution in [0.1, 0.15) is 11.1 Å². The van der Waals surface area contributed by atoms with Crippen molar-refractivity contribution in [2.75, 3.05) is 7.05 Å². The fourth-order valence-corrected chi connectivity index (χ4v) is 2.58. The molecule has 0 aliphatic carbocycles. The molecule has 2 N–H and O–H groups in total. The molecule has 0 spiro atoms. The Balaban J connectivity index is 2.05. The lowest BCUT2D eigenvalue weighted by atomic mass is 10.1. The van der Waals surface area contributed by atoms with E-state index in [1.807, 2.05) is 56.4 Å². The summed E-state index contributed by atoms with van der Waals surface area (Å²) in [6, 6.07) is 13.3. The maximum atomic E-state index is 12.2. The van der Waals surface area contributed by atoms with Gasteiger partial charge in [-0.1, -0.05) is 35.4 Å². The van der Waals surface area contributed by atoms with Crippen LogP contribution in [0.25, 0.3) is 17.1 Å². The summed E-state index contributed by atoms with van der Waals surface area (Å²) in [4.78, 5) is 15.0. The Morgan fingerprint density at radius 2 is 1.96 bits per heavy atom.